The van der Waals surface area contributed by atoms with E-state index >= 15 is 0 Å². The Labute approximate surface area is 189 Å². The lowest BCUT2D eigenvalue weighted by molar-refractivity contribution is 0.306. The number of hydrogen-bond donors (Lipinski definition) is 0. The van der Waals surface area contributed by atoms with E-state index in [-0.39, 0.29) is 12.4 Å². The van der Waals surface area contributed by atoms with Crippen LogP contribution in [-0.2, 0) is 6.61 Å². The highest BCUT2D eigenvalue weighted by Crippen LogP contribution is 2.36. The van der Waals surface area contributed by atoms with Crippen LogP contribution in [-0.4, -0.2) is 0 Å². The van der Waals surface area contributed by atoms with E-state index in [1.54, 1.807) is 30.3 Å². The Morgan fingerprint density at radius 2 is 1.58 bits per heavy atom. The molecular formula is C26H16Cl2FNO. The molecule has 0 aromatic heterocycles. The van der Waals surface area contributed by atoms with Gasteiger partial charge in [-0.25, -0.2) is 4.39 Å². The van der Waals surface area contributed by atoms with Crippen molar-refractivity contribution in [1.82, 2.24) is 0 Å². The van der Waals surface area contributed by atoms with Crippen molar-refractivity contribution < 1.29 is 9.13 Å². The molecule has 0 aliphatic carbocycles. The van der Waals surface area contributed by atoms with Gasteiger partial charge in [-0.3, -0.25) is 0 Å². The van der Waals surface area contributed by atoms with Gasteiger partial charge in [-0.2, -0.15) is 5.26 Å². The van der Waals surface area contributed by atoms with Crippen LogP contribution >= 0.6 is 23.2 Å². The summed E-state index contributed by atoms with van der Waals surface area (Å²) >= 11 is 12.8. The molecule has 0 radical (unpaired) electrons. The first-order valence-corrected chi connectivity index (χ1v) is 10.3. The maximum atomic E-state index is 13.0. The molecule has 0 saturated heterocycles. The van der Waals surface area contributed by atoms with Gasteiger partial charge in [-0.05, 0) is 63.9 Å². The molecule has 31 heavy (non-hydrogen) atoms. The molecule has 0 unspecified atom stereocenters. The predicted molar refractivity (Wildman–Crippen MR) is 125 cm³/mol. The van der Waals surface area contributed by atoms with Crippen LogP contribution in [0, 0.1) is 17.1 Å². The lowest BCUT2D eigenvalue weighted by Crippen LogP contribution is -1.97. The Kier molecular flexibility index (Phi) is 6.23. The monoisotopic (exact) mass is 447 g/mol. The summed E-state index contributed by atoms with van der Waals surface area (Å²) in [7, 11) is 0. The van der Waals surface area contributed by atoms with Crippen molar-refractivity contribution in [3.63, 3.8) is 0 Å². The van der Waals surface area contributed by atoms with E-state index in [4.69, 9.17) is 27.9 Å². The van der Waals surface area contributed by atoms with Crippen molar-refractivity contribution in [2.45, 2.75) is 6.61 Å². The van der Waals surface area contributed by atoms with Gasteiger partial charge in [0.1, 0.15) is 12.4 Å². The maximum Gasteiger partial charge on any atom is 0.157 e. The zero-order valence-corrected chi connectivity index (χ0v) is 17.8. The molecule has 4 aromatic rings. The second-order valence-electron chi connectivity index (χ2n) is 6.96. The van der Waals surface area contributed by atoms with Crippen molar-refractivity contribution in [3.05, 3.63) is 111 Å². The van der Waals surface area contributed by atoms with Crippen LogP contribution in [0.15, 0.2) is 78.9 Å². The molecule has 0 aliphatic heterocycles. The van der Waals surface area contributed by atoms with Gasteiger partial charge in [0.2, 0.25) is 0 Å². The van der Waals surface area contributed by atoms with Crippen molar-refractivity contribution in [2.75, 3.05) is 0 Å². The van der Waals surface area contributed by atoms with Crippen LogP contribution in [0.1, 0.15) is 16.7 Å². The van der Waals surface area contributed by atoms with Crippen LogP contribution < -0.4 is 4.74 Å². The third-order valence-corrected chi connectivity index (χ3v) is 5.37. The van der Waals surface area contributed by atoms with Gasteiger partial charge in [0.15, 0.2) is 5.75 Å². The first kappa shape index (κ1) is 20.9. The van der Waals surface area contributed by atoms with E-state index < -0.39 is 0 Å². The highest BCUT2D eigenvalue weighted by Gasteiger charge is 2.11. The molecular weight excluding hydrogens is 432 g/mol. The number of nitrogens with zero attached hydrogens (tertiary/aromatic N) is 1. The molecule has 0 spiro atoms. The van der Waals surface area contributed by atoms with Crippen molar-refractivity contribution >= 4 is 45.6 Å². The van der Waals surface area contributed by atoms with Gasteiger partial charge in [-0.15, -0.1) is 0 Å². The minimum absolute atomic E-state index is 0.204. The van der Waals surface area contributed by atoms with Gasteiger partial charge in [-0.1, -0.05) is 71.7 Å². The molecule has 0 amide bonds. The lowest BCUT2D eigenvalue weighted by Gasteiger charge is -2.11. The Morgan fingerprint density at radius 1 is 0.903 bits per heavy atom. The summed E-state index contributed by atoms with van der Waals surface area (Å²) in [6.45, 7) is 0.204. The second-order valence-corrected chi connectivity index (χ2v) is 7.77. The van der Waals surface area contributed by atoms with E-state index in [0.29, 0.717) is 26.9 Å². The summed E-state index contributed by atoms with van der Waals surface area (Å²) in [6.07, 6.45) is 1.74. The molecule has 152 valence electrons. The van der Waals surface area contributed by atoms with E-state index in [9.17, 15) is 9.65 Å². The first-order valence-electron chi connectivity index (χ1n) is 9.51. The first-order chi connectivity index (χ1) is 15.0. The third kappa shape index (κ3) is 4.88. The summed E-state index contributed by atoms with van der Waals surface area (Å²) in [5.41, 5.74) is 2.79. The Morgan fingerprint density at radius 3 is 2.26 bits per heavy atom. The predicted octanol–water partition coefficient (Wildman–Crippen LogP) is 7.93. The Balaban J connectivity index is 1.60. The Hall–Kier alpha value is -3.32. The average molecular weight is 448 g/mol. The summed E-state index contributed by atoms with van der Waals surface area (Å²) in [6, 6.07) is 25.5. The third-order valence-electron chi connectivity index (χ3n) is 4.81. The van der Waals surface area contributed by atoms with Gasteiger partial charge in [0.05, 0.1) is 21.7 Å². The fourth-order valence-electron chi connectivity index (χ4n) is 3.24. The molecule has 4 aromatic carbocycles. The normalized spacial score (nSPS) is 11.4. The van der Waals surface area contributed by atoms with Crippen LogP contribution in [0.5, 0.6) is 5.75 Å². The molecule has 4 rings (SSSR count). The van der Waals surface area contributed by atoms with Crippen molar-refractivity contribution in [1.29, 1.82) is 5.26 Å². The SMILES string of the molecule is N#C/C(=C/c1cc(Cl)c(OCc2ccc(F)cc2)c(Cl)c1)c1ccc2ccccc2c1. The smallest absolute Gasteiger partial charge is 0.157 e. The van der Waals surface area contributed by atoms with Gasteiger partial charge < -0.3 is 4.74 Å². The molecule has 0 fully saturated rings. The van der Waals surface area contributed by atoms with Crippen LogP contribution in [0.3, 0.4) is 0 Å². The standard InChI is InChI=1S/C26H16Cl2FNO/c27-24-12-18(13-25(28)26(24)31-16-17-5-9-23(29)10-6-17)11-22(15-30)21-8-7-19-3-1-2-4-20(19)14-21/h1-14H,16H2/b22-11-. The van der Waals surface area contributed by atoms with Crippen molar-refractivity contribution in [3.8, 4) is 11.8 Å². The average Bonchev–Trinajstić information content (AvgIpc) is 2.78. The molecule has 5 heteroatoms. The minimum Gasteiger partial charge on any atom is -0.486 e. The number of fused-ring (bicyclic) bond motifs is 1. The molecule has 0 aliphatic rings. The molecule has 0 bridgehead atoms. The highest BCUT2D eigenvalue weighted by atomic mass is 35.5. The lowest BCUT2D eigenvalue weighted by atomic mass is 10.00. The van der Waals surface area contributed by atoms with Crippen LogP contribution in [0.2, 0.25) is 10.0 Å². The number of hydrogen-bond acceptors (Lipinski definition) is 2. The highest BCUT2D eigenvalue weighted by molar-refractivity contribution is 6.37. The molecule has 0 N–H and O–H groups in total. The number of nitriles is 1. The van der Waals surface area contributed by atoms with Gasteiger partial charge >= 0.3 is 0 Å². The Bertz CT molecular complexity index is 1300. The summed E-state index contributed by atoms with van der Waals surface area (Å²) in [5, 5.41) is 12.5. The summed E-state index contributed by atoms with van der Waals surface area (Å²) in [4.78, 5) is 0. The minimum atomic E-state index is -0.310. The zero-order valence-electron chi connectivity index (χ0n) is 16.3. The summed E-state index contributed by atoms with van der Waals surface area (Å²) in [5.74, 6) is 0.0321. The fourth-order valence-corrected chi connectivity index (χ4v) is 3.85. The topological polar surface area (TPSA) is 33.0 Å². The van der Waals surface area contributed by atoms with Crippen molar-refractivity contribution in [2.24, 2.45) is 0 Å². The van der Waals surface area contributed by atoms with Crippen LogP contribution in [0.4, 0.5) is 4.39 Å². The van der Waals surface area contributed by atoms with Crippen LogP contribution in [0.25, 0.3) is 22.4 Å². The van der Waals surface area contributed by atoms with E-state index in [2.05, 4.69) is 6.07 Å². The van der Waals surface area contributed by atoms with E-state index in [1.165, 1.54) is 12.1 Å². The molecule has 0 heterocycles. The number of ether oxygens (including phenoxy) is 1. The van der Waals surface area contributed by atoms with E-state index in [1.807, 2.05) is 42.5 Å². The number of rotatable bonds is 5. The second kappa shape index (κ2) is 9.22. The van der Waals surface area contributed by atoms with E-state index in [0.717, 1.165) is 21.9 Å². The molecule has 0 atom stereocenters. The summed E-state index contributed by atoms with van der Waals surface area (Å²) < 4.78 is 18.8. The fraction of sp³-hybridized carbons (Fsp3) is 0.0385. The largest absolute Gasteiger partial charge is 0.486 e. The zero-order chi connectivity index (χ0) is 21.8. The van der Waals surface area contributed by atoms with Gasteiger partial charge in [0, 0.05) is 0 Å². The molecule has 2 nitrogen and oxygen atoms in total. The quantitative estimate of drug-likeness (QED) is 0.229. The molecule has 0 saturated carbocycles. The van der Waals surface area contributed by atoms with Gasteiger partial charge in [0.25, 0.3) is 0 Å². The maximum absolute atomic E-state index is 13.0. The number of allylic oxidation sites excluding steroid dienone is 1. The number of halogens is 3. The number of benzene rings is 4.